The van der Waals surface area contributed by atoms with Gasteiger partial charge in [-0.2, -0.15) is 0 Å². The second kappa shape index (κ2) is 9.44. The number of carbonyl (C=O) groups excluding carboxylic acids is 1. The Morgan fingerprint density at radius 1 is 1.03 bits per heavy atom. The van der Waals surface area contributed by atoms with Crippen molar-refractivity contribution >= 4 is 21.6 Å². The zero-order valence-electron chi connectivity index (χ0n) is 16.9. The molecule has 162 valence electrons. The van der Waals surface area contributed by atoms with Crippen molar-refractivity contribution in [1.29, 1.82) is 0 Å². The van der Waals surface area contributed by atoms with Gasteiger partial charge in [-0.15, -0.1) is 0 Å². The van der Waals surface area contributed by atoms with Crippen molar-refractivity contribution < 1.29 is 27.1 Å². The molecule has 0 heterocycles. The van der Waals surface area contributed by atoms with Crippen LogP contribution in [0.15, 0.2) is 41.3 Å². The summed E-state index contributed by atoms with van der Waals surface area (Å²) in [6.45, 7) is 0. The molecule has 0 aliphatic heterocycles. The monoisotopic (exact) mass is 436 g/mol. The van der Waals surface area contributed by atoms with Crippen molar-refractivity contribution in [3.63, 3.8) is 0 Å². The molecule has 2 aromatic carbocycles. The number of carbonyl (C=O) groups is 1. The highest BCUT2D eigenvalue weighted by molar-refractivity contribution is 7.89. The third-order valence-electron chi connectivity index (χ3n) is 5.07. The second-order valence-electron chi connectivity index (χ2n) is 7.12. The van der Waals surface area contributed by atoms with Gasteiger partial charge in [0.05, 0.1) is 30.4 Å². The maximum Gasteiger partial charge on any atom is 0.258 e. The Kier molecular flexibility index (Phi) is 6.94. The number of nitrogens with one attached hydrogen (secondary N) is 2. The summed E-state index contributed by atoms with van der Waals surface area (Å²) in [6, 6.07) is 7.81. The molecule has 0 unspecified atom stereocenters. The van der Waals surface area contributed by atoms with Gasteiger partial charge in [0.15, 0.2) is 0 Å². The first-order valence-corrected chi connectivity index (χ1v) is 11.2. The largest absolute Gasteiger partial charge is 0.497 e. The Balaban J connectivity index is 1.85. The van der Waals surface area contributed by atoms with Crippen LogP contribution in [0.2, 0.25) is 0 Å². The molecule has 0 bridgehead atoms. The lowest BCUT2D eigenvalue weighted by Crippen LogP contribution is -2.36. The highest BCUT2D eigenvalue weighted by atomic mass is 32.2. The lowest BCUT2D eigenvalue weighted by molar-refractivity contribution is 0.102. The number of anilines is 1. The summed E-state index contributed by atoms with van der Waals surface area (Å²) >= 11 is 0. The Labute approximate surface area is 175 Å². The number of amides is 1. The fourth-order valence-corrected chi connectivity index (χ4v) is 4.79. The first kappa shape index (κ1) is 22.0. The van der Waals surface area contributed by atoms with E-state index < -0.39 is 21.7 Å². The van der Waals surface area contributed by atoms with Crippen LogP contribution in [0.4, 0.5) is 10.1 Å². The van der Waals surface area contributed by atoms with Crippen molar-refractivity contribution in [3.05, 3.63) is 47.8 Å². The Morgan fingerprint density at radius 3 is 2.43 bits per heavy atom. The molecule has 9 heteroatoms. The quantitative estimate of drug-likeness (QED) is 0.690. The standard InChI is InChI=1S/C21H25FN2O5S/c1-28-15-8-11-20(29-2)19(12-15)23-21(25)17-13-16(9-10-18(17)22)30(26,27)24-14-6-4-3-5-7-14/h8-14,24H,3-7H2,1-2H3,(H,23,25). The summed E-state index contributed by atoms with van der Waals surface area (Å²) < 4.78 is 52.8. The second-order valence-corrected chi connectivity index (χ2v) is 8.83. The fourth-order valence-electron chi connectivity index (χ4n) is 3.45. The van der Waals surface area contributed by atoms with E-state index in [4.69, 9.17) is 9.47 Å². The summed E-state index contributed by atoms with van der Waals surface area (Å²) in [5.41, 5.74) is -0.110. The van der Waals surface area contributed by atoms with Crippen molar-refractivity contribution in [2.75, 3.05) is 19.5 Å². The van der Waals surface area contributed by atoms with Crippen LogP contribution in [0, 0.1) is 5.82 Å². The van der Waals surface area contributed by atoms with Crippen LogP contribution in [0.3, 0.4) is 0 Å². The molecule has 2 N–H and O–H groups in total. The van der Waals surface area contributed by atoms with Crippen LogP contribution < -0.4 is 19.5 Å². The van der Waals surface area contributed by atoms with Gasteiger partial charge in [-0.3, -0.25) is 4.79 Å². The van der Waals surface area contributed by atoms with Crippen LogP contribution in [0.5, 0.6) is 11.5 Å². The van der Waals surface area contributed by atoms with E-state index >= 15 is 0 Å². The van der Waals surface area contributed by atoms with Crippen molar-refractivity contribution in [2.45, 2.75) is 43.0 Å². The molecule has 0 spiro atoms. The van der Waals surface area contributed by atoms with E-state index in [-0.39, 0.29) is 22.2 Å². The van der Waals surface area contributed by atoms with E-state index in [1.807, 2.05) is 0 Å². The SMILES string of the molecule is COc1ccc(OC)c(NC(=O)c2cc(S(=O)(=O)NC3CCCCC3)ccc2F)c1. The average molecular weight is 437 g/mol. The van der Waals surface area contributed by atoms with Gasteiger partial charge >= 0.3 is 0 Å². The van der Waals surface area contributed by atoms with Gasteiger partial charge in [-0.05, 0) is 43.2 Å². The van der Waals surface area contributed by atoms with E-state index in [0.29, 0.717) is 11.5 Å². The number of ether oxygens (including phenoxy) is 2. The first-order chi connectivity index (χ1) is 14.3. The number of benzene rings is 2. The molecule has 0 saturated heterocycles. The van der Waals surface area contributed by atoms with E-state index in [1.165, 1.54) is 20.3 Å². The normalized spacial score (nSPS) is 14.9. The van der Waals surface area contributed by atoms with Crippen LogP contribution in [0.1, 0.15) is 42.5 Å². The van der Waals surface area contributed by atoms with Gasteiger partial charge < -0.3 is 14.8 Å². The van der Waals surface area contributed by atoms with Gasteiger partial charge in [-0.25, -0.2) is 17.5 Å². The molecule has 1 saturated carbocycles. The zero-order valence-corrected chi connectivity index (χ0v) is 17.7. The number of methoxy groups -OCH3 is 2. The summed E-state index contributed by atoms with van der Waals surface area (Å²) in [5.74, 6) is -0.799. The van der Waals surface area contributed by atoms with Crippen LogP contribution >= 0.6 is 0 Å². The van der Waals surface area contributed by atoms with Gasteiger partial charge in [0.2, 0.25) is 10.0 Å². The summed E-state index contributed by atoms with van der Waals surface area (Å²) in [4.78, 5) is 12.6. The van der Waals surface area contributed by atoms with Crippen molar-refractivity contribution in [2.24, 2.45) is 0 Å². The van der Waals surface area contributed by atoms with Crippen molar-refractivity contribution in [3.8, 4) is 11.5 Å². The first-order valence-electron chi connectivity index (χ1n) is 9.69. The number of hydrogen-bond acceptors (Lipinski definition) is 5. The van der Waals surface area contributed by atoms with Crippen LogP contribution in [-0.2, 0) is 10.0 Å². The molecule has 7 nitrogen and oxygen atoms in total. The molecule has 1 aliphatic rings. The lowest BCUT2D eigenvalue weighted by atomic mass is 9.96. The molecule has 1 fully saturated rings. The Morgan fingerprint density at radius 2 is 1.77 bits per heavy atom. The Hall–Kier alpha value is -2.65. The maximum atomic E-state index is 14.4. The topological polar surface area (TPSA) is 93.7 Å². The molecular weight excluding hydrogens is 411 g/mol. The molecule has 30 heavy (non-hydrogen) atoms. The minimum atomic E-state index is -3.87. The van der Waals surface area contributed by atoms with Crippen molar-refractivity contribution in [1.82, 2.24) is 4.72 Å². The summed E-state index contributed by atoms with van der Waals surface area (Å²) in [5, 5.41) is 2.55. The highest BCUT2D eigenvalue weighted by Crippen LogP contribution is 2.30. The van der Waals surface area contributed by atoms with E-state index in [2.05, 4.69) is 10.0 Å². The van der Waals surface area contributed by atoms with E-state index in [0.717, 1.165) is 50.3 Å². The zero-order chi connectivity index (χ0) is 21.7. The minimum absolute atomic E-state index is 0.146. The predicted molar refractivity (Wildman–Crippen MR) is 111 cm³/mol. The third-order valence-corrected chi connectivity index (χ3v) is 6.59. The van der Waals surface area contributed by atoms with Crippen LogP contribution in [-0.4, -0.2) is 34.6 Å². The summed E-state index contributed by atoms with van der Waals surface area (Å²) in [6.07, 6.45) is 4.55. The molecule has 1 aliphatic carbocycles. The smallest absolute Gasteiger partial charge is 0.258 e. The highest BCUT2D eigenvalue weighted by Gasteiger charge is 2.24. The molecule has 2 aromatic rings. The molecule has 0 radical (unpaired) electrons. The van der Waals surface area contributed by atoms with Crippen LogP contribution in [0.25, 0.3) is 0 Å². The fraction of sp³-hybridized carbons (Fsp3) is 0.381. The molecule has 3 rings (SSSR count). The van der Waals surface area contributed by atoms with Gasteiger partial charge in [-0.1, -0.05) is 19.3 Å². The number of hydrogen-bond donors (Lipinski definition) is 2. The summed E-state index contributed by atoms with van der Waals surface area (Å²) in [7, 11) is -0.965. The van der Waals surface area contributed by atoms with Gasteiger partial charge in [0.1, 0.15) is 17.3 Å². The molecule has 0 aromatic heterocycles. The number of rotatable bonds is 7. The molecule has 0 atom stereocenters. The minimum Gasteiger partial charge on any atom is -0.497 e. The predicted octanol–water partition coefficient (Wildman–Crippen LogP) is 3.71. The maximum absolute atomic E-state index is 14.4. The number of sulfonamides is 1. The Bertz CT molecular complexity index is 1020. The lowest BCUT2D eigenvalue weighted by Gasteiger charge is -2.22. The van der Waals surface area contributed by atoms with Gasteiger partial charge in [0.25, 0.3) is 5.91 Å². The third kappa shape index (κ3) is 5.09. The van der Waals surface area contributed by atoms with E-state index in [9.17, 15) is 17.6 Å². The molecular formula is C21H25FN2O5S. The average Bonchev–Trinajstić information content (AvgIpc) is 2.74. The van der Waals surface area contributed by atoms with E-state index in [1.54, 1.807) is 12.1 Å². The van der Waals surface area contributed by atoms with Gasteiger partial charge in [0, 0.05) is 12.1 Å². The molecule has 1 amide bonds. The number of halogens is 1.